The zero-order valence-electron chi connectivity index (χ0n) is 10.9. The third-order valence-electron chi connectivity index (χ3n) is 3.80. The maximum Gasteiger partial charge on any atom is 0.211 e. The van der Waals surface area contributed by atoms with E-state index in [4.69, 9.17) is 0 Å². The van der Waals surface area contributed by atoms with E-state index in [1.807, 2.05) is 0 Å². The van der Waals surface area contributed by atoms with Crippen LogP contribution in [0, 0.1) is 11.8 Å². The molecule has 0 radical (unpaired) electrons. The van der Waals surface area contributed by atoms with Crippen molar-refractivity contribution < 1.29 is 9.59 Å². The summed E-state index contributed by atoms with van der Waals surface area (Å²) in [5.41, 5.74) is 0.797. The molecule has 1 rings (SSSR count). The van der Waals surface area contributed by atoms with Crippen molar-refractivity contribution in [1.29, 1.82) is 0 Å². The summed E-state index contributed by atoms with van der Waals surface area (Å²) < 4.78 is 0. The van der Waals surface area contributed by atoms with E-state index in [0.717, 1.165) is 18.4 Å². The van der Waals surface area contributed by atoms with Crippen molar-refractivity contribution in [3.05, 3.63) is 11.8 Å². The minimum atomic E-state index is 0.0877. The predicted octanol–water partition coefficient (Wildman–Crippen LogP) is 2.81. The molecule has 1 N–H and O–H groups in total. The normalized spacial score (nSPS) is 26.1. The number of allylic oxidation sites excluding steroid dienone is 1. The van der Waals surface area contributed by atoms with Crippen LogP contribution in [-0.4, -0.2) is 12.2 Å². The molecule has 0 aromatic rings. The molecule has 96 valence electrons. The second kappa shape index (κ2) is 7.25. The molecule has 1 fully saturated rings. The fraction of sp³-hybridized carbons (Fsp3) is 0.714. The predicted molar refractivity (Wildman–Crippen MR) is 68.3 cm³/mol. The highest BCUT2D eigenvalue weighted by Crippen LogP contribution is 2.35. The van der Waals surface area contributed by atoms with Crippen molar-refractivity contribution in [2.45, 2.75) is 52.4 Å². The summed E-state index contributed by atoms with van der Waals surface area (Å²) in [4.78, 5) is 22.1. The lowest BCUT2D eigenvalue weighted by molar-refractivity contribution is -0.114. The van der Waals surface area contributed by atoms with E-state index < -0.39 is 0 Å². The van der Waals surface area contributed by atoms with Gasteiger partial charge in [0.05, 0.1) is 0 Å². The molecular weight excluding hydrogens is 214 g/mol. The van der Waals surface area contributed by atoms with Gasteiger partial charge in [-0.25, -0.2) is 0 Å². The lowest BCUT2D eigenvalue weighted by Crippen LogP contribution is -2.21. The van der Waals surface area contributed by atoms with E-state index >= 15 is 0 Å². The molecule has 0 heterocycles. The molecule has 0 aliphatic heterocycles. The van der Waals surface area contributed by atoms with Gasteiger partial charge >= 0.3 is 0 Å². The van der Waals surface area contributed by atoms with Gasteiger partial charge in [0, 0.05) is 11.8 Å². The maximum absolute atomic E-state index is 11.7. The lowest BCUT2D eigenvalue weighted by Gasteiger charge is -2.25. The van der Waals surface area contributed by atoms with E-state index in [1.54, 1.807) is 13.1 Å². The zero-order valence-corrected chi connectivity index (χ0v) is 10.9. The molecule has 3 nitrogen and oxygen atoms in total. The van der Waals surface area contributed by atoms with Gasteiger partial charge in [0.1, 0.15) is 0 Å². The van der Waals surface area contributed by atoms with Gasteiger partial charge in [-0.15, -0.1) is 0 Å². The number of carbonyl (C=O) groups excluding carboxylic acids is 2. The SMILES string of the molecule is CC[C@@H]1CCCCCC1/C(=C\NC=O)C(C)=O. The van der Waals surface area contributed by atoms with Crippen LogP contribution in [0.15, 0.2) is 11.8 Å². The molecule has 0 saturated heterocycles. The van der Waals surface area contributed by atoms with Crippen molar-refractivity contribution in [2.24, 2.45) is 11.8 Å². The van der Waals surface area contributed by atoms with Crippen molar-refractivity contribution in [2.75, 3.05) is 0 Å². The van der Waals surface area contributed by atoms with Crippen LogP contribution in [0.3, 0.4) is 0 Å². The second-order valence-electron chi connectivity index (χ2n) is 4.85. The Morgan fingerprint density at radius 2 is 2.00 bits per heavy atom. The van der Waals surface area contributed by atoms with Crippen LogP contribution in [0.4, 0.5) is 0 Å². The minimum Gasteiger partial charge on any atom is -0.335 e. The van der Waals surface area contributed by atoms with Crippen LogP contribution >= 0.6 is 0 Å². The Balaban J connectivity index is 2.88. The smallest absolute Gasteiger partial charge is 0.211 e. The third kappa shape index (κ3) is 3.99. The average Bonchev–Trinajstić information content (AvgIpc) is 2.54. The molecule has 0 aromatic carbocycles. The van der Waals surface area contributed by atoms with Gasteiger partial charge in [-0.05, 0) is 31.6 Å². The third-order valence-corrected chi connectivity index (χ3v) is 3.80. The average molecular weight is 237 g/mol. The fourth-order valence-corrected chi connectivity index (χ4v) is 2.88. The molecule has 0 spiro atoms. The van der Waals surface area contributed by atoms with Crippen LogP contribution in [0.2, 0.25) is 0 Å². The van der Waals surface area contributed by atoms with Crippen LogP contribution in [0.5, 0.6) is 0 Å². The number of Topliss-reactive ketones (excluding diaryl/α,β-unsaturated/α-hetero) is 1. The first kappa shape index (κ1) is 13.9. The monoisotopic (exact) mass is 237 g/mol. The van der Waals surface area contributed by atoms with E-state index in [2.05, 4.69) is 12.2 Å². The summed E-state index contributed by atoms with van der Waals surface area (Å²) in [6.45, 7) is 3.78. The Morgan fingerprint density at radius 3 is 2.59 bits per heavy atom. The van der Waals surface area contributed by atoms with E-state index in [9.17, 15) is 9.59 Å². The summed E-state index contributed by atoms with van der Waals surface area (Å²) in [6.07, 6.45) is 9.33. The molecule has 1 amide bonds. The second-order valence-corrected chi connectivity index (χ2v) is 4.85. The Hall–Kier alpha value is -1.12. The number of nitrogens with one attached hydrogen (secondary N) is 1. The van der Waals surface area contributed by atoms with Crippen LogP contribution in [0.25, 0.3) is 0 Å². The Bertz CT molecular complexity index is 297. The highest BCUT2D eigenvalue weighted by molar-refractivity contribution is 5.93. The number of rotatable bonds is 5. The van der Waals surface area contributed by atoms with Gasteiger partial charge in [-0.1, -0.05) is 32.6 Å². The van der Waals surface area contributed by atoms with Gasteiger partial charge in [-0.2, -0.15) is 0 Å². The standard InChI is InChI=1S/C14H23NO2/c1-3-12-7-5-4-6-8-13(12)14(11(2)17)9-15-10-16/h9-10,12-13H,3-8H2,1-2H3,(H,15,16)/b14-9-/t12-,13?/m1/s1. The molecule has 3 heteroatoms. The summed E-state index contributed by atoms with van der Waals surface area (Å²) in [7, 11) is 0. The van der Waals surface area contributed by atoms with E-state index in [0.29, 0.717) is 18.2 Å². The fourth-order valence-electron chi connectivity index (χ4n) is 2.88. The summed E-state index contributed by atoms with van der Waals surface area (Å²) in [6, 6.07) is 0. The van der Waals surface area contributed by atoms with Crippen LogP contribution in [0.1, 0.15) is 52.4 Å². The number of ketones is 1. The molecule has 2 atom stereocenters. The molecule has 0 bridgehead atoms. The van der Waals surface area contributed by atoms with Crippen LogP contribution < -0.4 is 5.32 Å². The summed E-state index contributed by atoms with van der Waals surface area (Å²) in [5, 5.41) is 2.53. The first-order valence-electron chi connectivity index (χ1n) is 6.61. The lowest BCUT2D eigenvalue weighted by atomic mass is 9.79. The number of hydrogen-bond donors (Lipinski definition) is 1. The molecule has 0 aromatic heterocycles. The van der Waals surface area contributed by atoms with Crippen molar-refractivity contribution in [3.63, 3.8) is 0 Å². The van der Waals surface area contributed by atoms with Gasteiger partial charge in [-0.3, -0.25) is 9.59 Å². The molecule has 1 aliphatic carbocycles. The van der Waals surface area contributed by atoms with Gasteiger partial charge in [0.15, 0.2) is 5.78 Å². The van der Waals surface area contributed by atoms with Gasteiger partial charge in [0.25, 0.3) is 0 Å². The van der Waals surface area contributed by atoms with Gasteiger partial charge < -0.3 is 5.32 Å². The van der Waals surface area contributed by atoms with Crippen molar-refractivity contribution in [3.8, 4) is 0 Å². The Morgan fingerprint density at radius 1 is 1.29 bits per heavy atom. The summed E-state index contributed by atoms with van der Waals surface area (Å²) in [5.74, 6) is 0.998. The quantitative estimate of drug-likeness (QED) is 0.454. The number of carbonyl (C=O) groups is 2. The maximum atomic E-state index is 11.7. The molecule has 1 unspecified atom stereocenters. The molecular formula is C14H23NO2. The Kier molecular flexibility index (Phi) is 5.95. The first-order valence-corrected chi connectivity index (χ1v) is 6.61. The van der Waals surface area contributed by atoms with Crippen molar-refractivity contribution >= 4 is 12.2 Å². The zero-order chi connectivity index (χ0) is 12.7. The van der Waals surface area contributed by atoms with Crippen LogP contribution in [-0.2, 0) is 9.59 Å². The molecule has 17 heavy (non-hydrogen) atoms. The van der Waals surface area contributed by atoms with Gasteiger partial charge in [0.2, 0.25) is 6.41 Å². The van der Waals surface area contributed by atoms with Crippen molar-refractivity contribution in [1.82, 2.24) is 5.32 Å². The topological polar surface area (TPSA) is 46.2 Å². The minimum absolute atomic E-state index is 0.0877. The first-order chi connectivity index (χ1) is 8.20. The Labute approximate surface area is 104 Å². The van der Waals surface area contributed by atoms with E-state index in [1.165, 1.54) is 25.7 Å². The number of hydrogen-bond acceptors (Lipinski definition) is 2. The molecule has 1 saturated carbocycles. The number of amides is 1. The highest BCUT2D eigenvalue weighted by atomic mass is 16.1. The highest BCUT2D eigenvalue weighted by Gasteiger charge is 2.27. The molecule has 1 aliphatic rings. The largest absolute Gasteiger partial charge is 0.335 e. The van der Waals surface area contributed by atoms with E-state index in [-0.39, 0.29) is 5.78 Å². The summed E-state index contributed by atoms with van der Waals surface area (Å²) >= 11 is 0.